The Morgan fingerprint density at radius 3 is 1.55 bits per heavy atom. The van der Waals surface area contributed by atoms with E-state index in [0.717, 1.165) is 69.3 Å². The van der Waals surface area contributed by atoms with E-state index in [4.69, 9.17) is 0 Å². The maximum absolute atomic E-state index is 13.1. The summed E-state index contributed by atoms with van der Waals surface area (Å²) < 4.78 is 13.1. The molecule has 4 rings (SSSR count). The Kier molecular flexibility index (Phi) is 11.4. The second kappa shape index (κ2) is 15.7. The summed E-state index contributed by atoms with van der Waals surface area (Å²) in [6.45, 7) is 7.59. The van der Waals surface area contributed by atoms with E-state index in [9.17, 15) is 4.39 Å². The van der Waals surface area contributed by atoms with Crippen molar-refractivity contribution >= 4 is 0 Å². The molecule has 0 bridgehead atoms. The molecule has 0 saturated carbocycles. The number of hydrogen-bond acceptors (Lipinski definition) is 6. The van der Waals surface area contributed by atoms with Crippen LogP contribution in [0.3, 0.4) is 0 Å². The van der Waals surface area contributed by atoms with Crippen LogP contribution in [-0.2, 0) is 32.7 Å². The number of aromatic nitrogens is 2. The van der Waals surface area contributed by atoms with Gasteiger partial charge in [-0.2, -0.15) is 0 Å². The van der Waals surface area contributed by atoms with Crippen LogP contribution < -0.4 is 16.0 Å². The Hall–Kier alpha value is -3.49. The molecular weight excluding hydrogens is 475 g/mol. The van der Waals surface area contributed by atoms with E-state index in [2.05, 4.69) is 55.1 Å². The summed E-state index contributed by atoms with van der Waals surface area (Å²) in [4.78, 5) is 11.3. The van der Waals surface area contributed by atoms with Crippen LogP contribution in [0.1, 0.15) is 28.1 Å². The second-order valence-corrected chi connectivity index (χ2v) is 9.32. The SMILES string of the molecule is Fc1ccc(CNCc2ccc(CN(CCNCc3ccccn3)CCNCc3ccccn3)cc2)cc1. The van der Waals surface area contributed by atoms with Gasteiger partial charge in [-0.3, -0.25) is 14.9 Å². The van der Waals surface area contributed by atoms with Gasteiger partial charge in [0.25, 0.3) is 0 Å². The number of hydrogen-bond donors (Lipinski definition) is 3. The van der Waals surface area contributed by atoms with Crippen LogP contribution in [0.2, 0.25) is 0 Å². The lowest BCUT2D eigenvalue weighted by atomic mass is 10.1. The monoisotopic (exact) mass is 512 g/mol. The first-order valence-corrected chi connectivity index (χ1v) is 13.2. The lowest BCUT2D eigenvalue weighted by Crippen LogP contribution is -2.36. The molecule has 7 heteroatoms. The van der Waals surface area contributed by atoms with Crippen molar-refractivity contribution < 1.29 is 4.39 Å². The van der Waals surface area contributed by atoms with Gasteiger partial charge in [0, 0.05) is 71.3 Å². The summed E-state index contributed by atoms with van der Waals surface area (Å²) in [6.07, 6.45) is 3.66. The Balaban J connectivity index is 1.23. The van der Waals surface area contributed by atoms with Crippen LogP contribution in [0.25, 0.3) is 0 Å². The third-order valence-corrected chi connectivity index (χ3v) is 6.27. The number of nitrogens with zero attached hydrogens (tertiary/aromatic N) is 3. The summed E-state index contributed by atoms with van der Waals surface area (Å²) in [7, 11) is 0. The largest absolute Gasteiger partial charge is 0.310 e. The van der Waals surface area contributed by atoms with E-state index >= 15 is 0 Å². The number of pyridine rings is 2. The van der Waals surface area contributed by atoms with E-state index in [1.54, 1.807) is 0 Å². The zero-order valence-electron chi connectivity index (χ0n) is 21.8. The normalized spacial score (nSPS) is 11.2. The Morgan fingerprint density at radius 1 is 0.553 bits per heavy atom. The minimum absolute atomic E-state index is 0.202. The van der Waals surface area contributed by atoms with Crippen LogP contribution in [0, 0.1) is 5.82 Å². The van der Waals surface area contributed by atoms with Crippen molar-refractivity contribution in [3.63, 3.8) is 0 Å². The second-order valence-electron chi connectivity index (χ2n) is 9.32. The minimum Gasteiger partial charge on any atom is -0.310 e. The quantitative estimate of drug-likeness (QED) is 0.195. The summed E-state index contributed by atoms with van der Waals surface area (Å²) in [5, 5.41) is 10.5. The summed E-state index contributed by atoms with van der Waals surface area (Å²) in [5.74, 6) is -0.202. The van der Waals surface area contributed by atoms with Gasteiger partial charge in [0.15, 0.2) is 0 Å². The van der Waals surface area contributed by atoms with Crippen LogP contribution in [-0.4, -0.2) is 41.0 Å². The van der Waals surface area contributed by atoms with Gasteiger partial charge in [-0.1, -0.05) is 48.5 Å². The predicted molar refractivity (Wildman–Crippen MR) is 151 cm³/mol. The minimum atomic E-state index is -0.202. The highest BCUT2D eigenvalue weighted by atomic mass is 19.1. The topological polar surface area (TPSA) is 65.1 Å². The smallest absolute Gasteiger partial charge is 0.123 e. The van der Waals surface area contributed by atoms with E-state index in [1.165, 1.54) is 23.3 Å². The van der Waals surface area contributed by atoms with Crippen molar-refractivity contribution in [3.05, 3.63) is 131 Å². The van der Waals surface area contributed by atoms with Gasteiger partial charge in [0.05, 0.1) is 11.4 Å². The molecule has 0 amide bonds. The van der Waals surface area contributed by atoms with Crippen LogP contribution in [0.15, 0.2) is 97.3 Å². The fourth-order valence-electron chi connectivity index (χ4n) is 4.16. The molecular formula is C31H37FN6. The lowest BCUT2D eigenvalue weighted by Gasteiger charge is -2.23. The third kappa shape index (κ3) is 10.1. The Bertz CT molecular complexity index is 1120. The van der Waals surface area contributed by atoms with Crippen molar-refractivity contribution in [1.82, 2.24) is 30.8 Å². The number of rotatable bonds is 16. The van der Waals surface area contributed by atoms with Crippen molar-refractivity contribution in [1.29, 1.82) is 0 Å². The fraction of sp³-hybridized carbons (Fsp3) is 0.290. The number of halogens is 1. The molecule has 4 aromatic rings. The van der Waals surface area contributed by atoms with Crippen molar-refractivity contribution in [2.75, 3.05) is 26.2 Å². The molecule has 6 nitrogen and oxygen atoms in total. The van der Waals surface area contributed by atoms with E-state index in [0.29, 0.717) is 6.54 Å². The molecule has 0 atom stereocenters. The number of nitrogens with one attached hydrogen (secondary N) is 3. The van der Waals surface area contributed by atoms with Gasteiger partial charge in [-0.15, -0.1) is 0 Å². The van der Waals surface area contributed by atoms with Gasteiger partial charge in [0.2, 0.25) is 0 Å². The summed E-state index contributed by atoms with van der Waals surface area (Å²) >= 11 is 0. The fourth-order valence-corrected chi connectivity index (χ4v) is 4.16. The highest BCUT2D eigenvalue weighted by molar-refractivity contribution is 5.23. The molecule has 0 saturated heterocycles. The Labute approximate surface area is 225 Å². The van der Waals surface area contributed by atoms with Gasteiger partial charge < -0.3 is 16.0 Å². The van der Waals surface area contributed by atoms with Crippen molar-refractivity contribution in [2.45, 2.75) is 32.7 Å². The molecule has 2 heterocycles. The molecule has 2 aromatic heterocycles. The predicted octanol–water partition coefficient (Wildman–Crippen LogP) is 4.29. The zero-order chi connectivity index (χ0) is 26.3. The maximum Gasteiger partial charge on any atom is 0.123 e. The average molecular weight is 513 g/mol. The first-order valence-electron chi connectivity index (χ1n) is 13.2. The van der Waals surface area contributed by atoms with Gasteiger partial charge in [-0.05, 0) is 53.1 Å². The molecule has 0 spiro atoms. The first-order chi connectivity index (χ1) is 18.7. The van der Waals surface area contributed by atoms with Crippen molar-refractivity contribution in [3.8, 4) is 0 Å². The summed E-state index contributed by atoms with van der Waals surface area (Å²) in [5.41, 5.74) is 5.71. The van der Waals surface area contributed by atoms with E-state index in [1.807, 2.05) is 60.9 Å². The van der Waals surface area contributed by atoms with Crippen LogP contribution >= 0.6 is 0 Å². The van der Waals surface area contributed by atoms with Gasteiger partial charge in [0.1, 0.15) is 5.82 Å². The Morgan fingerprint density at radius 2 is 1.05 bits per heavy atom. The molecule has 0 unspecified atom stereocenters. The highest BCUT2D eigenvalue weighted by Gasteiger charge is 2.07. The van der Waals surface area contributed by atoms with Gasteiger partial charge in [-0.25, -0.2) is 4.39 Å². The van der Waals surface area contributed by atoms with E-state index in [-0.39, 0.29) is 5.82 Å². The summed E-state index contributed by atoms with van der Waals surface area (Å²) in [6, 6.07) is 27.4. The molecule has 0 aliphatic rings. The molecule has 198 valence electrons. The number of benzene rings is 2. The van der Waals surface area contributed by atoms with Crippen molar-refractivity contribution in [2.24, 2.45) is 0 Å². The molecule has 3 N–H and O–H groups in total. The molecule has 0 radical (unpaired) electrons. The standard InChI is InChI=1S/C31H37FN6/c32-29-13-11-27(12-14-29)22-35-21-26-7-9-28(10-8-26)25-38(19-17-33-23-30-5-1-3-15-36-30)20-18-34-24-31-6-2-4-16-37-31/h1-16,33-35H,17-25H2. The lowest BCUT2D eigenvalue weighted by molar-refractivity contribution is 0.263. The highest BCUT2D eigenvalue weighted by Crippen LogP contribution is 2.09. The van der Waals surface area contributed by atoms with Crippen LogP contribution in [0.5, 0.6) is 0 Å². The first kappa shape index (κ1) is 27.5. The zero-order valence-corrected chi connectivity index (χ0v) is 21.8. The molecule has 0 aliphatic carbocycles. The molecule has 2 aromatic carbocycles. The maximum atomic E-state index is 13.1. The van der Waals surface area contributed by atoms with Crippen LogP contribution in [0.4, 0.5) is 4.39 Å². The van der Waals surface area contributed by atoms with E-state index < -0.39 is 0 Å². The third-order valence-electron chi connectivity index (χ3n) is 6.27. The van der Waals surface area contributed by atoms with Gasteiger partial charge >= 0.3 is 0 Å². The molecule has 0 fully saturated rings. The molecule has 38 heavy (non-hydrogen) atoms. The molecule has 0 aliphatic heterocycles. The average Bonchev–Trinajstić information content (AvgIpc) is 2.96.